The summed E-state index contributed by atoms with van der Waals surface area (Å²) in [5.74, 6) is -0.678. The van der Waals surface area contributed by atoms with E-state index in [4.69, 9.17) is 11.7 Å². The lowest BCUT2D eigenvalue weighted by atomic mass is 9.90. The highest BCUT2D eigenvalue weighted by molar-refractivity contribution is 5.87. The molecule has 0 bridgehead atoms. The van der Waals surface area contributed by atoms with Crippen LogP contribution in [0.3, 0.4) is 0 Å². The molecule has 1 aliphatic rings. The van der Waals surface area contributed by atoms with E-state index in [-0.39, 0.29) is 12.5 Å². The zero-order chi connectivity index (χ0) is 17.8. The molecule has 3 rings (SSSR count). The molecule has 0 aromatic heterocycles. The molecule has 0 aliphatic carbocycles. The number of benzene rings is 2. The summed E-state index contributed by atoms with van der Waals surface area (Å²) in [7, 11) is 0. The van der Waals surface area contributed by atoms with Gasteiger partial charge >= 0.3 is 0 Å². The fourth-order valence-corrected chi connectivity index (χ4v) is 3.04. The van der Waals surface area contributed by atoms with Crippen LogP contribution in [0, 0.1) is 6.92 Å². The Morgan fingerprint density at radius 3 is 1.96 bits per heavy atom. The number of carbonyl (C=O) groups excluding carboxylic acids is 1. The van der Waals surface area contributed by atoms with Crippen molar-refractivity contribution in [2.45, 2.75) is 30.3 Å². The van der Waals surface area contributed by atoms with Gasteiger partial charge in [-0.1, -0.05) is 60.7 Å². The minimum absolute atomic E-state index is 0.0704. The van der Waals surface area contributed by atoms with E-state index in [9.17, 15) is 15.0 Å². The van der Waals surface area contributed by atoms with E-state index < -0.39 is 30.3 Å². The average molecular weight is 339 g/mol. The summed E-state index contributed by atoms with van der Waals surface area (Å²) >= 11 is 0. The molecule has 0 saturated carbocycles. The van der Waals surface area contributed by atoms with Crippen molar-refractivity contribution in [1.82, 2.24) is 5.32 Å². The quantitative estimate of drug-likeness (QED) is 0.763. The Hall–Kier alpha value is -2.21. The van der Waals surface area contributed by atoms with Crippen LogP contribution in [0.4, 0.5) is 0 Å². The summed E-state index contributed by atoms with van der Waals surface area (Å²) in [6.45, 7) is 5.63. The van der Waals surface area contributed by atoms with Gasteiger partial charge in [0.2, 0.25) is 5.91 Å². The summed E-state index contributed by atoms with van der Waals surface area (Å²) in [4.78, 5) is 12.8. The first-order valence-corrected chi connectivity index (χ1v) is 8.22. The van der Waals surface area contributed by atoms with Crippen LogP contribution in [0.2, 0.25) is 0 Å². The Morgan fingerprint density at radius 2 is 1.52 bits per heavy atom. The summed E-state index contributed by atoms with van der Waals surface area (Å²) in [6.07, 6.45) is -3.96. The summed E-state index contributed by atoms with van der Waals surface area (Å²) < 4.78 is 5.29. The smallest absolute Gasteiger partial charge is 0.232 e. The predicted octanol–water partition coefficient (Wildman–Crippen LogP) is 1.13. The van der Waals surface area contributed by atoms with Crippen molar-refractivity contribution in [3.8, 4) is 0 Å². The standard InChI is InChI=1S/C20H21NO4/c1-13-18(22)19(23)16(25-13)12-21-20(24)17(14-8-4-2-5-9-14)15-10-6-3-7-11-15/h1-11,13,16-19,22-23H,12H2,(H,21,24)/t13-,16+,18?,19-/m0/s1. The van der Waals surface area contributed by atoms with Gasteiger partial charge in [-0.2, -0.15) is 0 Å². The van der Waals surface area contributed by atoms with Gasteiger partial charge in [0.25, 0.3) is 0 Å². The van der Waals surface area contributed by atoms with Crippen molar-refractivity contribution in [3.05, 3.63) is 78.7 Å². The van der Waals surface area contributed by atoms with Crippen LogP contribution in [0.1, 0.15) is 17.0 Å². The highest BCUT2D eigenvalue weighted by Crippen LogP contribution is 2.25. The summed E-state index contributed by atoms with van der Waals surface area (Å²) in [6, 6.07) is 18.9. The van der Waals surface area contributed by atoms with Crippen molar-refractivity contribution in [1.29, 1.82) is 0 Å². The molecule has 1 fully saturated rings. The largest absolute Gasteiger partial charge is 0.388 e. The number of rotatable bonds is 5. The van der Waals surface area contributed by atoms with Crippen LogP contribution >= 0.6 is 0 Å². The van der Waals surface area contributed by atoms with Crippen molar-refractivity contribution >= 4 is 5.91 Å². The zero-order valence-corrected chi connectivity index (χ0v) is 13.7. The molecule has 5 nitrogen and oxygen atoms in total. The fourth-order valence-electron chi connectivity index (χ4n) is 3.04. The zero-order valence-electron chi connectivity index (χ0n) is 13.7. The van der Waals surface area contributed by atoms with E-state index in [2.05, 4.69) is 5.32 Å². The molecule has 1 heterocycles. The molecule has 4 atom stereocenters. The predicted molar refractivity (Wildman–Crippen MR) is 92.7 cm³/mol. The van der Waals surface area contributed by atoms with Crippen molar-refractivity contribution in [3.63, 3.8) is 0 Å². The minimum Gasteiger partial charge on any atom is -0.388 e. The molecular weight excluding hydrogens is 318 g/mol. The number of nitrogens with one attached hydrogen (secondary N) is 1. The summed E-state index contributed by atoms with van der Waals surface area (Å²) in [5, 5.41) is 22.4. The number of aliphatic hydroxyl groups is 2. The molecule has 3 N–H and O–H groups in total. The van der Waals surface area contributed by atoms with Gasteiger partial charge in [-0.05, 0) is 18.1 Å². The van der Waals surface area contributed by atoms with E-state index in [1.54, 1.807) is 0 Å². The maximum atomic E-state index is 12.8. The van der Waals surface area contributed by atoms with Crippen LogP contribution in [0.25, 0.3) is 0 Å². The second-order valence-electron chi connectivity index (χ2n) is 6.12. The lowest BCUT2D eigenvalue weighted by Crippen LogP contribution is -2.41. The molecule has 0 spiro atoms. The third kappa shape index (κ3) is 3.90. The van der Waals surface area contributed by atoms with Crippen LogP contribution in [-0.4, -0.2) is 47.1 Å². The van der Waals surface area contributed by atoms with Gasteiger partial charge in [0.1, 0.15) is 18.3 Å². The van der Waals surface area contributed by atoms with E-state index in [1.165, 1.54) is 0 Å². The van der Waals surface area contributed by atoms with Crippen molar-refractivity contribution < 1.29 is 19.7 Å². The fraction of sp³-hybridized carbons (Fsp3) is 0.300. The molecule has 1 amide bonds. The summed E-state index contributed by atoms with van der Waals surface area (Å²) in [5.41, 5.74) is 1.74. The molecule has 25 heavy (non-hydrogen) atoms. The third-order valence-corrected chi connectivity index (χ3v) is 4.40. The van der Waals surface area contributed by atoms with Crippen LogP contribution in [-0.2, 0) is 9.53 Å². The number of amides is 1. The van der Waals surface area contributed by atoms with Gasteiger partial charge in [0, 0.05) is 6.54 Å². The molecule has 1 unspecified atom stereocenters. The van der Waals surface area contributed by atoms with Gasteiger partial charge < -0.3 is 20.3 Å². The maximum Gasteiger partial charge on any atom is 0.232 e. The molecule has 1 aliphatic heterocycles. The number of hydrogen-bond donors (Lipinski definition) is 3. The van der Waals surface area contributed by atoms with Gasteiger partial charge in [-0.25, -0.2) is 0 Å². The topological polar surface area (TPSA) is 78.8 Å². The number of ether oxygens (including phenoxy) is 1. The molecule has 2 aromatic carbocycles. The van der Waals surface area contributed by atoms with Gasteiger partial charge in [-0.15, -0.1) is 0 Å². The molecular formula is C20H21NO4. The van der Waals surface area contributed by atoms with E-state index >= 15 is 0 Å². The Kier molecular flexibility index (Phi) is 5.48. The first kappa shape index (κ1) is 17.6. The Morgan fingerprint density at radius 1 is 1.00 bits per heavy atom. The van der Waals surface area contributed by atoms with Gasteiger partial charge in [0.05, 0.1) is 12.0 Å². The monoisotopic (exact) mass is 339 g/mol. The maximum absolute atomic E-state index is 12.8. The van der Waals surface area contributed by atoms with Crippen molar-refractivity contribution in [2.75, 3.05) is 6.54 Å². The third-order valence-electron chi connectivity index (χ3n) is 4.40. The second-order valence-corrected chi connectivity index (χ2v) is 6.12. The van der Waals surface area contributed by atoms with Gasteiger partial charge in [0.15, 0.2) is 0 Å². The lowest BCUT2D eigenvalue weighted by molar-refractivity contribution is -0.122. The highest BCUT2D eigenvalue weighted by atomic mass is 16.5. The normalized spacial score (nSPS) is 25.9. The Bertz CT molecular complexity index is 652. The van der Waals surface area contributed by atoms with Crippen LogP contribution < -0.4 is 5.32 Å². The molecule has 1 saturated heterocycles. The lowest BCUT2D eigenvalue weighted by Gasteiger charge is -2.20. The van der Waals surface area contributed by atoms with E-state index in [0.717, 1.165) is 11.1 Å². The number of carbonyl (C=O) groups is 1. The minimum atomic E-state index is -1.15. The van der Waals surface area contributed by atoms with E-state index in [1.807, 2.05) is 60.7 Å². The first-order valence-electron chi connectivity index (χ1n) is 8.22. The SMILES string of the molecule is [CH][C@@H]1O[C@H](CNC(=O)C(c2ccccc2)c2ccccc2)[C@H](O)C1O. The second kappa shape index (κ2) is 7.78. The Labute approximate surface area is 147 Å². The highest BCUT2D eigenvalue weighted by Gasteiger charge is 2.40. The van der Waals surface area contributed by atoms with E-state index in [0.29, 0.717) is 0 Å². The number of hydrogen-bond acceptors (Lipinski definition) is 4. The molecule has 5 heteroatoms. The van der Waals surface area contributed by atoms with Crippen LogP contribution in [0.5, 0.6) is 0 Å². The van der Waals surface area contributed by atoms with Crippen molar-refractivity contribution in [2.24, 2.45) is 0 Å². The average Bonchev–Trinajstić information content (AvgIpc) is 2.89. The number of aliphatic hydroxyl groups excluding tert-OH is 2. The molecule has 2 aromatic rings. The first-order chi connectivity index (χ1) is 12.1. The van der Waals surface area contributed by atoms with Crippen LogP contribution in [0.15, 0.2) is 60.7 Å². The Balaban J connectivity index is 1.74. The molecule has 2 radical (unpaired) electrons. The van der Waals surface area contributed by atoms with Gasteiger partial charge in [-0.3, -0.25) is 4.79 Å². The molecule has 130 valence electrons.